The monoisotopic (exact) mass is 417 g/mol. The van der Waals surface area contributed by atoms with E-state index in [1.165, 1.54) is 12.2 Å². The molecule has 0 amide bonds. The molecule has 0 spiro atoms. The van der Waals surface area contributed by atoms with E-state index >= 15 is 0 Å². The van der Waals surface area contributed by atoms with Gasteiger partial charge in [-0.3, -0.25) is 14.6 Å². The van der Waals surface area contributed by atoms with E-state index in [0.29, 0.717) is 29.5 Å². The van der Waals surface area contributed by atoms with Crippen LogP contribution in [0.3, 0.4) is 0 Å². The minimum Gasteiger partial charge on any atom is -0.496 e. The molecule has 0 unspecified atom stereocenters. The molecule has 31 heavy (non-hydrogen) atoms. The van der Waals surface area contributed by atoms with Crippen molar-refractivity contribution in [2.45, 2.75) is 13.0 Å². The van der Waals surface area contributed by atoms with Crippen LogP contribution >= 0.6 is 0 Å². The average molecular weight is 417 g/mol. The predicted molar refractivity (Wildman–Crippen MR) is 117 cm³/mol. The SMILES string of the molecule is COc1cc(OCc2ccccn2)ccc1C=CC(=O)CC(=O)C=Cc1nccn1C. The topological polar surface area (TPSA) is 83.3 Å². The lowest BCUT2D eigenvalue weighted by Crippen LogP contribution is -2.02. The van der Waals surface area contributed by atoms with Gasteiger partial charge in [-0.2, -0.15) is 0 Å². The van der Waals surface area contributed by atoms with Crippen LogP contribution in [0.2, 0.25) is 0 Å². The Morgan fingerprint density at radius 3 is 2.52 bits per heavy atom. The van der Waals surface area contributed by atoms with E-state index < -0.39 is 0 Å². The third-order valence-corrected chi connectivity index (χ3v) is 4.39. The van der Waals surface area contributed by atoms with Gasteiger partial charge in [0.2, 0.25) is 0 Å². The third-order valence-electron chi connectivity index (χ3n) is 4.39. The van der Waals surface area contributed by atoms with E-state index in [9.17, 15) is 9.59 Å². The Hall–Kier alpha value is -4.00. The number of nitrogens with zero attached hydrogens (tertiary/aromatic N) is 3. The molecule has 0 aliphatic rings. The highest BCUT2D eigenvalue weighted by atomic mass is 16.5. The Kier molecular flexibility index (Phi) is 7.48. The van der Waals surface area contributed by atoms with Gasteiger partial charge in [-0.05, 0) is 48.6 Å². The Labute approximate surface area is 180 Å². The van der Waals surface area contributed by atoms with Gasteiger partial charge in [0.15, 0.2) is 11.6 Å². The van der Waals surface area contributed by atoms with Crippen LogP contribution in [0.25, 0.3) is 12.2 Å². The molecular formula is C24H23N3O4. The van der Waals surface area contributed by atoms with Crippen LogP contribution < -0.4 is 9.47 Å². The summed E-state index contributed by atoms with van der Waals surface area (Å²) in [5.74, 6) is 1.24. The number of pyridine rings is 1. The number of methoxy groups -OCH3 is 1. The molecule has 0 radical (unpaired) electrons. The fraction of sp³-hybridized carbons (Fsp3) is 0.167. The molecule has 2 aromatic heterocycles. The Balaban J connectivity index is 1.57. The number of hydrogen-bond acceptors (Lipinski definition) is 6. The van der Waals surface area contributed by atoms with Crippen molar-refractivity contribution in [2.24, 2.45) is 7.05 Å². The first-order chi connectivity index (χ1) is 15.0. The lowest BCUT2D eigenvalue weighted by Gasteiger charge is -2.09. The van der Waals surface area contributed by atoms with Gasteiger partial charge in [-0.1, -0.05) is 6.07 Å². The van der Waals surface area contributed by atoms with E-state index in [0.717, 1.165) is 5.69 Å². The summed E-state index contributed by atoms with van der Waals surface area (Å²) in [6, 6.07) is 11.0. The molecule has 7 nitrogen and oxygen atoms in total. The van der Waals surface area contributed by atoms with E-state index in [-0.39, 0.29) is 18.0 Å². The molecule has 7 heteroatoms. The second-order valence-corrected chi connectivity index (χ2v) is 6.69. The number of allylic oxidation sites excluding steroid dienone is 2. The fourth-order valence-electron chi connectivity index (χ4n) is 2.74. The van der Waals surface area contributed by atoms with Crippen molar-refractivity contribution in [3.63, 3.8) is 0 Å². The van der Waals surface area contributed by atoms with E-state index in [1.807, 2.05) is 25.2 Å². The molecule has 0 aliphatic carbocycles. The number of imidazole rings is 1. The molecule has 1 aromatic carbocycles. The summed E-state index contributed by atoms with van der Waals surface area (Å²) in [7, 11) is 3.37. The number of aryl methyl sites for hydroxylation is 1. The van der Waals surface area contributed by atoms with Gasteiger partial charge in [0.05, 0.1) is 19.2 Å². The van der Waals surface area contributed by atoms with Gasteiger partial charge in [-0.25, -0.2) is 4.98 Å². The molecular weight excluding hydrogens is 394 g/mol. The average Bonchev–Trinajstić information content (AvgIpc) is 3.20. The highest BCUT2D eigenvalue weighted by Crippen LogP contribution is 2.26. The summed E-state index contributed by atoms with van der Waals surface area (Å²) < 4.78 is 12.9. The maximum atomic E-state index is 12.1. The standard InChI is InChI=1S/C24H23N3O4/c1-27-14-13-26-24(27)11-9-21(29)15-20(28)8-6-18-7-10-22(16-23(18)30-2)31-17-19-5-3-4-12-25-19/h3-14,16H,15,17H2,1-2H3. The van der Waals surface area contributed by atoms with Crippen molar-refractivity contribution in [3.8, 4) is 11.5 Å². The Morgan fingerprint density at radius 2 is 1.84 bits per heavy atom. The smallest absolute Gasteiger partial charge is 0.163 e. The Morgan fingerprint density at radius 1 is 1.03 bits per heavy atom. The fourth-order valence-corrected chi connectivity index (χ4v) is 2.74. The summed E-state index contributed by atoms with van der Waals surface area (Å²) >= 11 is 0. The minimum absolute atomic E-state index is 0.217. The van der Waals surface area contributed by atoms with Gasteiger partial charge in [0, 0.05) is 37.3 Å². The van der Waals surface area contributed by atoms with Crippen molar-refractivity contribution in [2.75, 3.05) is 7.11 Å². The van der Waals surface area contributed by atoms with Gasteiger partial charge >= 0.3 is 0 Å². The molecule has 0 N–H and O–H groups in total. The van der Waals surface area contributed by atoms with Crippen LogP contribution in [0.1, 0.15) is 23.5 Å². The normalized spacial score (nSPS) is 11.2. The van der Waals surface area contributed by atoms with Crippen LogP contribution in [0.5, 0.6) is 11.5 Å². The van der Waals surface area contributed by atoms with Gasteiger partial charge < -0.3 is 14.0 Å². The lowest BCUT2D eigenvalue weighted by molar-refractivity contribution is -0.121. The lowest BCUT2D eigenvalue weighted by atomic mass is 10.1. The molecule has 0 saturated heterocycles. The summed E-state index contributed by atoms with van der Waals surface area (Å²) in [6.45, 7) is 0.339. The maximum Gasteiger partial charge on any atom is 0.163 e. The second kappa shape index (κ2) is 10.7. The van der Waals surface area contributed by atoms with Crippen LogP contribution in [0, 0.1) is 0 Å². The van der Waals surface area contributed by atoms with Crippen molar-refractivity contribution in [1.82, 2.24) is 14.5 Å². The van der Waals surface area contributed by atoms with E-state index in [2.05, 4.69) is 9.97 Å². The zero-order valence-corrected chi connectivity index (χ0v) is 17.4. The molecule has 158 valence electrons. The molecule has 0 bridgehead atoms. The molecule has 0 saturated carbocycles. The number of hydrogen-bond donors (Lipinski definition) is 0. The summed E-state index contributed by atoms with van der Waals surface area (Å²) in [6.07, 6.45) is 10.9. The van der Waals surface area contributed by atoms with Crippen LogP contribution in [0.15, 0.2) is 67.1 Å². The van der Waals surface area contributed by atoms with Crippen LogP contribution in [-0.2, 0) is 23.2 Å². The van der Waals surface area contributed by atoms with Crippen LogP contribution in [-0.4, -0.2) is 33.2 Å². The highest BCUT2D eigenvalue weighted by Gasteiger charge is 2.07. The predicted octanol–water partition coefficient (Wildman–Crippen LogP) is 3.66. The number of carbonyl (C=O) groups excluding carboxylic acids is 2. The zero-order valence-electron chi connectivity index (χ0n) is 17.4. The van der Waals surface area contributed by atoms with Crippen molar-refractivity contribution >= 4 is 23.7 Å². The first-order valence-electron chi connectivity index (χ1n) is 9.65. The number of aromatic nitrogens is 3. The van der Waals surface area contributed by atoms with Crippen molar-refractivity contribution < 1.29 is 19.1 Å². The van der Waals surface area contributed by atoms with Gasteiger partial charge in [0.25, 0.3) is 0 Å². The van der Waals surface area contributed by atoms with E-state index in [1.54, 1.807) is 60.6 Å². The number of benzene rings is 1. The van der Waals surface area contributed by atoms with Crippen LogP contribution in [0.4, 0.5) is 0 Å². The zero-order chi connectivity index (χ0) is 22.1. The van der Waals surface area contributed by atoms with Crippen molar-refractivity contribution in [3.05, 3.63) is 84.2 Å². The first-order valence-corrected chi connectivity index (χ1v) is 9.65. The third kappa shape index (κ3) is 6.50. The van der Waals surface area contributed by atoms with Crippen molar-refractivity contribution in [1.29, 1.82) is 0 Å². The largest absolute Gasteiger partial charge is 0.496 e. The number of ether oxygens (including phenoxy) is 2. The number of rotatable bonds is 10. The Bertz CT molecular complexity index is 1100. The molecule has 0 atom stereocenters. The number of carbonyl (C=O) groups is 2. The maximum absolute atomic E-state index is 12.1. The number of ketones is 2. The van der Waals surface area contributed by atoms with E-state index in [4.69, 9.17) is 9.47 Å². The minimum atomic E-state index is -0.299. The second-order valence-electron chi connectivity index (χ2n) is 6.69. The first kappa shape index (κ1) is 21.7. The van der Waals surface area contributed by atoms with Gasteiger partial charge in [0.1, 0.15) is 23.9 Å². The molecule has 0 fully saturated rings. The summed E-state index contributed by atoms with van der Waals surface area (Å²) in [5, 5.41) is 0. The quantitative estimate of drug-likeness (QED) is 0.370. The highest BCUT2D eigenvalue weighted by molar-refractivity contribution is 6.10. The molecule has 0 aliphatic heterocycles. The summed E-state index contributed by atoms with van der Waals surface area (Å²) in [4.78, 5) is 32.5. The molecule has 3 rings (SSSR count). The summed E-state index contributed by atoms with van der Waals surface area (Å²) in [5.41, 5.74) is 1.52. The molecule has 3 aromatic rings. The molecule has 2 heterocycles. The van der Waals surface area contributed by atoms with Gasteiger partial charge in [-0.15, -0.1) is 0 Å².